The van der Waals surface area contributed by atoms with Crippen LogP contribution in [0.2, 0.25) is 0 Å². The lowest BCUT2D eigenvalue weighted by molar-refractivity contribution is -0.118. The molecule has 29 heavy (non-hydrogen) atoms. The highest BCUT2D eigenvalue weighted by molar-refractivity contribution is 9.10. The van der Waals surface area contributed by atoms with Crippen molar-refractivity contribution < 1.29 is 19.1 Å². The number of carbonyl (C=O) groups is 2. The maximum atomic E-state index is 12.4. The Hall–Kier alpha value is -2.64. The van der Waals surface area contributed by atoms with Crippen molar-refractivity contribution in [1.29, 1.82) is 0 Å². The number of ether oxygens (including phenoxy) is 2. The first kappa shape index (κ1) is 21.1. The van der Waals surface area contributed by atoms with Gasteiger partial charge in [0, 0.05) is 9.35 Å². The lowest BCUT2D eigenvalue weighted by Gasteiger charge is -2.09. The van der Waals surface area contributed by atoms with E-state index in [-0.39, 0.29) is 19.1 Å². The number of anilines is 1. The normalized spacial score (nSPS) is 10.4. The maximum absolute atomic E-state index is 12.4. The van der Waals surface area contributed by atoms with E-state index < -0.39 is 5.97 Å². The van der Waals surface area contributed by atoms with Crippen molar-refractivity contribution in [3.8, 4) is 16.2 Å². The number of esters is 1. The third kappa shape index (κ3) is 5.46. The SMILES string of the molecule is CCOC(=O)c1cc(-c2ccccc2)sc1NC(=O)COc1ccc(Br)c(C)c1. The quantitative estimate of drug-likeness (QED) is 0.448. The number of halogens is 1. The Labute approximate surface area is 181 Å². The summed E-state index contributed by atoms with van der Waals surface area (Å²) in [4.78, 5) is 25.6. The number of aryl methyl sites for hydroxylation is 1. The summed E-state index contributed by atoms with van der Waals surface area (Å²) in [7, 11) is 0. The Bertz CT molecular complexity index is 1020. The van der Waals surface area contributed by atoms with Gasteiger partial charge >= 0.3 is 5.97 Å². The Morgan fingerprint density at radius 3 is 2.55 bits per heavy atom. The van der Waals surface area contributed by atoms with E-state index in [1.54, 1.807) is 19.1 Å². The standard InChI is InChI=1S/C22H20BrNO4S/c1-3-27-22(26)17-12-19(15-7-5-4-6-8-15)29-21(17)24-20(25)13-28-16-9-10-18(23)14(2)11-16/h4-12H,3,13H2,1-2H3,(H,24,25). The predicted molar refractivity (Wildman–Crippen MR) is 119 cm³/mol. The van der Waals surface area contributed by atoms with E-state index in [0.29, 0.717) is 16.3 Å². The fourth-order valence-electron chi connectivity index (χ4n) is 2.61. The number of rotatable bonds is 7. The molecule has 0 aliphatic carbocycles. The van der Waals surface area contributed by atoms with E-state index in [1.165, 1.54) is 11.3 Å². The number of hydrogen-bond acceptors (Lipinski definition) is 5. The molecule has 0 radical (unpaired) electrons. The van der Waals surface area contributed by atoms with Gasteiger partial charge < -0.3 is 14.8 Å². The first-order valence-corrected chi connectivity index (χ1v) is 10.6. The highest BCUT2D eigenvalue weighted by atomic mass is 79.9. The number of nitrogens with one attached hydrogen (secondary N) is 1. The molecule has 0 atom stereocenters. The molecule has 1 heterocycles. The van der Waals surface area contributed by atoms with Crippen molar-refractivity contribution in [3.63, 3.8) is 0 Å². The van der Waals surface area contributed by atoms with Gasteiger partial charge in [0.15, 0.2) is 6.61 Å². The molecule has 3 rings (SSSR count). The molecule has 0 spiro atoms. The van der Waals surface area contributed by atoms with Gasteiger partial charge in [0.1, 0.15) is 10.8 Å². The summed E-state index contributed by atoms with van der Waals surface area (Å²) in [5.41, 5.74) is 2.31. The molecule has 0 unspecified atom stereocenters. The van der Waals surface area contributed by atoms with Crippen LogP contribution in [0.15, 0.2) is 59.1 Å². The first-order chi connectivity index (χ1) is 14.0. The van der Waals surface area contributed by atoms with Crippen LogP contribution in [0.25, 0.3) is 10.4 Å². The number of benzene rings is 2. The molecule has 5 nitrogen and oxygen atoms in total. The van der Waals surface area contributed by atoms with Crippen LogP contribution in [-0.4, -0.2) is 25.1 Å². The number of carbonyl (C=O) groups excluding carboxylic acids is 2. The summed E-state index contributed by atoms with van der Waals surface area (Å²) in [6.07, 6.45) is 0. The van der Waals surface area contributed by atoms with Gasteiger partial charge in [0.2, 0.25) is 0 Å². The first-order valence-electron chi connectivity index (χ1n) is 9.03. The van der Waals surface area contributed by atoms with Gasteiger partial charge in [-0.2, -0.15) is 0 Å². The molecule has 1 N–H and O–H groups in total. The van der Waals surface area contributed by atoms with Crippen molar-refractivity contribution in [2.24, 2.45) is 0 Å². The summed E-state index contributed by atoms with van der Waals surface area (Å²) in [6, 6.07) is 16.9. The molecule has 0 saturated heterocycles. The second-order valence-corrected chi connectivity index (χ2v) is 8.09. The van der Waals surface area contributed by atoms with Gasteiger partial charge in [0.05, 0.1) is 12.2 Å². The fraction of sp³-hybridized carbons (Fsp3) is 0.182. The van der Waals surface area contributed by atoms with E-state index in [2.05, 4.69) is 21.2 Å². The third-order valence-electron chi connectivity index (χ3n) is 4.04. The van der Waals surface area contributed by atoms with Crippen LogP contribution >= 0.6 is 27.3 Å². The molecule has 0 saturated carbocycles. The van der Waals surface area contributed by atoms with Crippen LogP contribution in [0.3, 0.4) is 0 Å². The zero-order chi connectivity index (χ0) is 20.8. The smallest absolute Gasteiger partial charge is 0.341 e. The van der Waals surface area contributed by atoms with Crippen LogP contribution in [0, 0.1) is 6.92 Å². The fourth-order valence-corrected chi connectivity index (χ4v) is 3.92. The van der Waals surface area contributed by atoms with Crippen molar-refractivity contribution in [2.45, 2.75) is 13.8 Å². The average Bonchev–Trinajstić information content (AvgIpc) is 3.13. The van der Waals surface area contributed by atoms with Gasteiger partial charge in [0.25, 0.3) is 5.91 Å². The van der Waals surface area contributed by atoms with Crippen LogP contribution in [0.1, 0.15) is 22.8 Å². The van der Waals surface area contributed by atoms with Crippen LogP contribution < -0.4 is 10.1 Å². The lowest BCUT2D eigenvalue weighted by Crippen LogP contribution is -2.21. The Balaban J connectivity index is 1.75. The predicted octanol–water partition coefficient (Wildman–Crippen LogP) is 5.68. The minimum Gasteiger partial charge on any atom is -0.484 e. The zero-order valence-corrected chi connectivity index (χ0v) is 18.4. The van der Waals surface area contributed by atoms with E-state index >= 15 is 0 Å². The van der Waals surface area contributed by atoms with Gasteiger partial charge in [-0.3, -0.25) is 4.79 Å². The van der Waals surface area contributed by atoms with E-state index in [0.717, 1.165) is 20.5 Å². The zero-order valence-electron chi connectivity index (χ0n) is 16.0. The van der Waals surface area contributed by atoms with Crippen molar-refractivity contribution in [2.75, 3.05) is 18.5 Å². The largest absolute Gasteiger partial charge is 0.484 e. The summed E-state index contributed by atoms with van der Waals surface area (Å²) in [5.74, 6) is -0.217. The highest BCUT2D eigenvalue weighted by Crippen LogP contribution is 2.36. The lowest BCUT2D eigenvalue weighted by atomic mass is 10.1. The molecule has 3 aromatic rings. The molecule has 7 heteroatoms. The average molecular weight is 474 g/mol. The van der Waals surface area contributed by atoms with Crippen molar-refractivity contribution in [1.82, 2.24) is 0 Å². The van der Waals surface area contributed by atoms with Gasteiger partial charge in [-0.1, -0.05) is 46.3 Å². The molecule has 150 valence electrons. The van der Waals surface area contributed by atoms with Crippen LogP contribution in [0.4, 0.5) is 5.00 Å². The molecule has 0 aliphatic heterocycles. The number of thiophene rings is 1. The monoisotopic (exact) mass is 473 g/mol. The summed E-state index contributed by atoms with van der Waals surface area (Å²) in [6.45, 7) is 3.78. The molecular weight excluding hydrogens is 454 g/mol. The maximum Gasteiger partial charge on any atom is 0.341 e. The Morgan fingerprint density at radius 1 is 1.10 bits per heavy atom. The topological polar surface area (TPSA) is 64.6 Å². The second-order valence-electron chi connectivity index (χ2n) is 6.19. The third-order valence-corrected chi connectivity index (χ3v) is 6.03. The molecular formula is C22H20BrNO4S. The summed E-state index contributed by atoms with van der Waals surface area (Å²) in [5, 5.41) is 3.23. The van der Waals surface area contributed by atoms with Crippen molar-refractivity contribution in [3.05, 3.63) is 70.2 Å². The highest BCUT2D eigenvalue weighted by Gasteiger charge is 2.20. The van der Waals surface area contributed by atoms with Gasteiger partial charge in [-0.15, -0.1) is 11.3 Å². The minimum atomic E-state index is -0.467. The van der Waals surface area contributed by atoms with Gasteiger partial charge in [-0.25, -0.2) is 4.79 Å². The molecule has 0 bridgehead atoms. The molecule has 2 aromatic carbocycles. The Kier molecular flexibility index (Phi) is 7.06. The molecule has 1 aromatic heterocycles. The summed E-state index contributed by atoms with van der Waals surface area (Å²) < 4.78 is 11.7. The van der Waals surface area contributed by atoms with Gasteiger partial charge in [-0.05, 0) is 49.2 Å². The minimum absolute atomic E-state index is 0.165. The second kappa shape index (κ2) is 9.71. The van der Waals surface area contributed by atoms with Crippen LogP contribution in [-0.2, 0) is 9.53 Å². The van der Waals surface area contributed by atoms with E-state index in [9.17, 15) is 9.59 Å². The van der Waals surface area contributed by atoms with E-state index in [4.69, 9.17) is 9.47 Å². The molecule has 0 fully saturated rings. The van der Waals surface area contributed by atoms with E-state index in [1.807, 2.05) is 49.4 Å². The molecule has 0 aliphatic rings. The molecule has 1 amide bonds. The summed E-state index contributed by atoms with van der Waals surface area (Å²) >= 11 is 4.76. The number of amides is 1. The Morgan fingerprint density at radius 2 is 1.86 bits per heavy atom. The van der Waals surface area contributed by atoms with Crippen molar-refractivity contribution >= 4 is 44.1 Å². The van der Waals surface area contributed by atoms with Crippen LogP contribution in [0.5, 0.6) is 5.75 Å². The number of hydrogen-bond donors (Lipinski definition) is 1.